The minimum atomic E-state index is -0.579. The number of aromatic nitrogens is 5. The number of nitrogen functional groups attached to an aromatic ring is 1. The van der Waals surface area contributed by atoms with Gasteiger partial charge in [0.1, 0.15) is 35.0 Å². The van der Waals surface area contributed by atoms with Crippen molar-refractivity contribution >= 4 is 45.2 Å². The van der Waals surface area contributed by atoms with Gasteiger partial charge in [-0.2, -0.15) is 15.1 Å². The summed E-state index contributed by atoms with van der Waals surface area (Å²) in [6.45, 7) is 3.72. The van der Waals surface area contributed by atoms with E-state index in [9.17, 15) is 0 Å². The zero-order chi connectivity index (χ0) is 30.2. The lowest BCUT2D eigenvalue weighted by Gasteiger charge is -2.35. The van der Waals surface area contributed by atoms with Crippen LogP contribution in [0.4, 0.5) is 16.0 Å². The Labute approximate surface area is 259 Å². The first-order valence-corrected chi connectivity index (χ1v) is 15.9. The zero-order valence-electron chi connectivity index (χ0n) is 25.0. The van der Waals surface area contributed by atoms with Crippen molar-refractivity contribution in [3.05, 3.63) is 29.0 Å². The molecule has 13 heteroatoms. The molecule has 0 aliphatic carbocycles. The Kier molecular flexibility index (Phi) is 6.82. The first-order valence-electron chi connectivity index (χ1n) is 15.5. The number of methoxy groups -OCH3 is 1. The molecule has 44 heavy (non-hydrogen) atoms. The van der Waals surface area contributed by atoms with Crippen molar-refractivity contribution < 1.29 is 13.9 Å². The summed E-state index contributed by atoms with van der Waals surface area (Å²) in [6.07, 6.45) is 6.47. The van der Waals surface area contributed by atoms with E-state index < -0.39 is 5.82 Å². The zero-order valence-corrected chi connectivity index (χ0v) is 25.8. The van der Waals surface area contributed by atoms with E-state index in [1.165, 1.54) is 0 Å². The van der Waals surface area contributed by atoms with Crippen molar-refractivity contribution in [3.8, 4) is 17.3 Å². The molecule has 3 N–H and O–H groups in total. The summed E-state index contributed by atoms with van der Waals surface area (Å²) < 4.78 is 30.5. The fourth-order valence-electron chi connectivity index (χ4n) is 8.16. The van der Waals surface area contributed by atoms with E-state index in [-0.39, 0.29) is 27.7 Å². The Morgan fingerprint density at radius 2 is 1.93 bits per heavy atom. The Bertz CT molecular complexity index is 1760. The average Bonchev–Trinajstić information content (AvgIpc) is 3.75. The van der Waals surface area contributed by atoms with Crippen LogP contribution < -0.4 is 20.7 Å². The number of anilines is 2. The van der Waals surface area contributed by atoms with Gasteiger partial charge in [0.15, 0.2) is 5.82 Å². The molecular formula is C31H37ClFN9O2. The van der Waals surface area contributed by atoms with Crippen LogP contribution in [0, 0.1) is 5.82 Å². The predicted molar refractivity (Wildman–Crippen MR) is 168 cm³/mol. The number of rotatable bonds is 7. The first-order chi connectivity index (χ1) is 21.3. The van der Waals surface area contributed by atoms with Gasteiger partial charge in [-0.15, -0.1) is 0 Å². The van der Waals surface area contributed by atoms with Gasteiger partial charge in [0.25, 0.3) is 0 Å². The molecule has 11 nitrogen and oxygen atoms in total. The van der Waals surface area contributed by atoms with Crippen LogP contribution in [-0.4, -0.2) is 93.3 Å². The third-order valence-corrected chi connectivity index (χ3v) is 10.5. The summed E-state index contributed by atoms with van der Waals surface area (Å²) in [5.74, 6) is 0.385. The molecule has 4 saturated heterocycles. The van der Waals surface area contributed by atoms with Crippen molar-refractivity contribution in [3.63, 3.8) is 0 Å². The number of piperazine rings is 1. The number of ether oxygens (including phenoxy) is 2. The van der Waals surface area contributed by atoms with Gasteiger partial charge >= 0.3 is 6.01 Å². The lowest BCUT2D eigenvalue weighted by atomic mass is 9.95. The number of nitrogens with zero attached hydrogens (tertiary/aromatic N) is 7. The molecule has 4 fully saturated rings. The van der Waals surface area contributed by atoms with Crippen LogP contribution in [0.2, 0.25) is 5.02 Å². The summed E-state index contributed by atoms with van der Waals surface area (Å²) in [7, 11) is 3.54. The summed E-state index contributed by atoms with van der Waals surface area (Å²) >= 11 is 6.88. The van der Waals surface area contributed by atoms with Crippen molar-refractivity contribution in [1.29, 1.82) is 0 Å². The molecule has 3 aromatic heterocycles. The van der Waals surface area contributed by atoms with Gasteiger partial charge in [-0.25, -0.2) is 9.37 Å². The Hall–Kier alpha value is -3.32. The molecule has 2 unspecified atom stereocenters. The van der Waals surface area contributed by atoms with E-state index in [1.807, 2.05) is 6.07 Å². The van der Waals surface area contributed by atoms with E-state index >= 15 is 4.39 Å². The molecule has 7 heterocycles. The van der Waals surface area contributed by atoms with Gasteiger partial charge in [-0.05, 0) is 63.3 Å². The van der Waals surface area contributed by atoms with Crippen molar-refractivity contribution in [2.24, 2.45) is 7.05 Å². The van der Waals surface area contributed by atoms with Gasteiger partial charge in [-0.3, -0.25) is 9.58 Å². The molecule has 0 spiro atoms. The number of hydrogen-bond acceptors (Lipinski definition) is 10. The highest BCUT2D eigenvalue weighted by atomic mass is 35.5. The molecule has 4 aliphatic heterocycles. The molecule has 0 amide bonds. The quantitative estimate of drug-likeness (QED) is 0.314. The minimum absolute atomic E-state index is 0.0853. The number of nitrogens with two attached hydrogens (primary N) is 1. The number of nitrogens with one attached hydrogen (secondary N) is 1. The highest BCUT2D eigenvalue weighted by Gasteiger charge is 2.50. The van der Waals surface area contributed by atoms with E-state index in [0.717, 1.165) is 63.7 Å². The highest BCUT2D eigenvalue weighted by molar-refractivity contribution is 6.34. The standard InChI is InChI=1S/C31H37ClFN9O2/c1-40-22-6-7-23(34)36-27(22)28(39-40)24-21(32)12-20-26(25(24)33)37-30(38-29(20)41-13-17-4-5-18(14-41)35-17)44-16-31-9-3-11-42(31)19(8-10-31)15-43-2/h6-7,12,17-19,35H,3-5,8-11,13-16H2,1-2H3,(H2,34,36)/t17?,18?,19-,31-/m1/s1. The number of hydrogen-bond donors (Lipinski definition) is 2. The minimum Gasteiger partial charge on any atom is -0.461 e. The molecule has 1 aromatic carbocycles. The van der Waals surface area contributed by atoms with Crippen LogP contribution in [0.5, 0.6) is 6.01 Å². The van der Waals surface area contributed by atoms with Gasteiger partial charge in [0.2, 0.25) is 0 Å². The number of fused-ring (bicyclic) bond motifs is 5. The smallest absolute Gasteiger partial charge is 0.319 e. The fraction of sp³-hybridized carbons (Fsp3) is 0.548. The second-order valence-corrected chi connectivity index (χ2v) is 13.3. The van der Waals surface area contributed by atoms with E-state index in [2.05, 4.69) is 25.2 Å². The Morgan fingerprint density at radius 1 is 1.11 bits per heavy atom. The van der Waals surface area contributed by atoms with Crippen LogP contribution in [0.15, 0.2) is 18.2 Å². The number of halogens is 2. The molecule has 0 radical (unpaired) electrons. The van der Waals surface area contributed by atoms with E-state index in [1.54, 1.807) is 31.0 Å². The number of aryl methyl sites for hydroxylation is 1. The Balaban J connectivity index is 1.24. The highest BCUT2D eigenvalue weighted by Crippen LogP contribution is 2.44. The number of pyridine rings is 1. The molecule has 4 aromatic rings. The lowest BCUT2D eigenvalue weighted by molar-refractivity contribution is 0.0521. The third kappa shape index (κ3) is 4.48. The molecule has 232 valence electrons. The van der Waals surface area contributed by atoms with Gasteiger partial charge in [0.05, 0.1) is 28.2 Å². The maximum atomic E-state index is 16.8. The molecule has 0 saturated carbocycles. The van der Waals surface area contributed by atoms with Crippen LogP contribution in [-0.2, 0) is 11.8 Å². The van der Waals surface area contributed by atoms with E-state index in [4.69, 9.17) is 36.8 Å². The normalized spacial score (nSPS) is 26.7. The van der Waals surface area contributed by atoms with Crippen LogP contribution in [0.25, 0.3) is 33.2 Å². The molecule has 2 bridgehead atoms. The fourth-order valence-corrected chi connectivity index (χ4v) is 8.44. The largest absolute Gasteiger partial charge is 0.461 e. The first kappa shape index (κ1) is 28.2. The Morgan fingerprint density at radius 3 is 2.73 bits per heavy atom. The summed E-state index contributed by atoms with van der Waals surface area (Å²) in [6, 6.07) is 6.56. The van der Waals surface area contributed by atoms with Gasteiger partial charge < -0.3 is 25.4 Å². The molecule has 4 atom stereocenters. The predicted octanol–water partition coefficient (Wildman–Crippen LogP) is 3.92. The second-order valence-electron chi connectivity index (χ2n) is 12.9. The topological polar surface area (TPSA) is 119 Å². The van der Waals surface area contributed by atoms with Gasteiger partial charge in [-0.1, -0.05) is 11.6 Å². The third-order valence-electron chi connectivity index (χ3n) is 10.2. The average molecular weight is 622 g/mol. The summed E-state index contributed by atoms with van der Waals surface area (Å²) in [4.78, 5) is 18.9. The van der Waals surface area contributed by atoms with Crippen LogP contribution in [0.3, 0.4) is 0 Å². The SMILES string of the molecule is COC[C@H]1CC[C@@]2(COc3nc(N4CC5CCC(C4)N5)c4cc(Cl)c(-c5nn(C)c6ccc(N)nc56)c(F)c4n3)CCCN12. The molecule has 8 rings (SSSR count). The van der Waals surface area contributed by atoms with Crippen molar-refractivity contribution in [1.82, 2.24) is 34.9 Å². The lowest BCUT2D eigenvalue weighted by Crippen LogP contribution is -2.51. The summed E-state index contributed by atoms with van der Waals surface area (Å²) in [5.41, 5.74) is 7.73. The monoisotopic (exact) mass is 621 g/mol. The maximum Gasteiger partial charge on any atom is 0.319 e. The van der Waals surface area contributed by atoms with Crippen molar-refractivity contribution in [2.45, 2.75) is 62.2 Å². The van der Waals surface area contributed by atoms with Crippen LogP contribution in [0.1, 0.15) is 38.5 Å². The maximum absolute atomic E-state index is 16.8. The van der Waals surface area contributed by atoms with Crippen molar-refractivity contribution in [2.75, 3.05) is 50.6 Å². The van der Waals surface area contributed by atoms with Crippen LogP contribution >= 0.6 is 11.6 Å². The second kappa shape index (κ2) is 10.6. The molecule has 4 aliphatic rings. The summed E-state index contributed by atoms with van der Waals surface area (Å²) in [5, 5.41) is 9.04. The van der Waals surface area contributed by atoms with E-state index in [0.29, 0.717) is 59.6 Å². The molecular weight excluding hydrogens is 585 g/mol. The number of benzene rings is 1. The van der Waals surface area contributed by atoms with Gasteiger partial charge in [0, 0.05) is 50.8 Å².